The van der Waals surface area contributed by atoms with E-state index in [0.29, 0.717) is 5.02 Å². The molecule has 6 nitrogen and oxygen atoms in total. The van der Waals surface area contributed by atoms with E-state index in [4.69, 9.17) is 31.5 Å². The van der Waals surface area contributed by atoms with Gasteiger partial charge in [0.05, 0.1) is 55.9 Å². The van der Waals surface area contributed by atoms with Crippen molar-refractivity contribution in [2.75, 3.05) is 0 Å². The minimum absolute atomic E-state index is 0.665. The minimum Gasteiger partial charge on any atom is -0.354 e. The molecular weight excluding hydrogens is 1130 g/mol. The predicted molar refractivity (Wildman–Crippen MR) is 380 cm³/mol. The zero-order valence-corrected chi connectivity index (χ0v) is 49.7. The smallest absolute Gasteiger partial charge is 0.0973 e. The zero-order valence-electron chi connectivity index (χ0n) is 49.0. The molecule has 4 heterocycles. The van der Waals surface area contributed by atoms with Crippen LogP contribution in [-0.4, -0.2) is 29.5 Å². The summed E-state index contributed by atoms with van der Waals surface area (Å²) in [7, 11) is 0. The van der Waals surface area contributed by atoms with Crippen molar-refractivity contribution in [3.8, 4) is 95.2 Å². The fourth-order valence-corrected chi connectivity index (χ4v) is 14.4. The van der Waals surface area contributed by atoms with Crippen LogP contribution in [0.25, 0.3) is 182 Å². The lowest BCUT2D eigenvalue weighted by Crippen LogP contribution is -1.98. The quantitative estimate of drug-likeness (QED) is 0.186. The molecular formula is C84H51ClN6. The van der Waals surface area contributed by atoms with Gasteiger partial charge in [-0.3, -0.25) is 0 Å². The summed E-state index contributed by atoms with van der Waals surface area (Å²) in [5.41, 5.74) is 27.5. The first-order valence-corrected chi connectivity index (χ1v) is 31.1. The monoisotopic (exact) mass is 1180 g/mol. The van der Waals surface area contributed by atoms with E-state index in [1.165, 1.54) is 110 Å². The molecule has 0 spiro atoms. The second-order valence-electron chi connectivity index (χ2n) is 23.3. The lowest BCUT2D eigenvalue weighted by molar-refractivity contribution is 1.18. The second kappa shape index (κ2) is 21.2. The maximum Gasteiger partial charge on any atom is 0.0973 e. The van der Waals surface area contributed by atoms with Gasteiger partial charge in [-0.05, 0) is 127 Å². The summed E-state index contributed by atoms with van der Waals surface area (Å²) in [6.07, 6.45) is 0. The van der Waals surface area contributed by atoms with Gasteiger partial charge in [0, 0.05) is 65.5 Å². The Balaban J connectivity index is 0.000000112. The number of aromatic nitrogens is 6. The first-order valence-electron chi connectivity index (χ1n) is 30.7. The molecule has 18 aromatic rings. The van der Waals surface area contributed by atoms with Gasteiger partial charge in [-0.1, -0.05) is 254 Å². The second-order valence-corrected chi connectivity index (χ2v) is 23.8. The van der Waals surface area contributed by atoms with E-state index >= 15 is 0 Å². The van der Waals surface area contributed by atoms with Crippen LogP contribution in [0.2, 0.25) is 5.02 Å². The van der Waals surface area contributed by atoms with Gasteiger partial charge in [-0.25, -0.2) is 19.9 Å². The molecule has 0 fully saturated rings. The van der Waals surface area contributed by atoms with Crippen molar-refractivity contribution in [2.24, 2.45) is 0 Å². The van der Waals surface area contributed by atoms with Crippen LogP contribution >= 0.6 is 11.6 Å². The van der Waals surface area contributed by atoms with Crippen molar-refractivity contribution >= 4 is 98.8 Å². The summed E-state index contributed by atoms with van der Waals surface area (Å²) in [4.78, 5) is 23.8. The van der Waals surface area contributed by atoms with Crippen LogP contribution in [-0.2, 0) is 0 Å². The summed E-state index contributed by atoms with van der Waals surface area (Å²) < 4.78 is 2.41. The van der Waals surface area contributed by atoms with E-state index in [9.17, 15) is 0 Å². The number of halogens is 1. The number of H-pyrrole nitrogens is 1. The highest BCUT2D eigenvalue weighted by molar-refractivity contribution is 6.32. The highest BCUT2D eigenvalue weighted by atomic mass is 35.5. The largest absolute Gasteiger partial charge is 0.354 e. The van der Waals surface area contributed by atoms with Gasteiger partial charge < -0.3 is 9.55 Å². The van der Waals surface area contributed by atoms with Gasteiger partial charge in [-0.2, -0.15) is 0 Å². The number of benzene rings is 14. The van der Waals surface area contributed by atoms with Crippen molar-refractivity contribution in [1.82, 2.24) is 29.5 Å². The van der Waals surface area contributed by atoms with Gasteiger partial charge in [0.1, 0.15) is 0 Å². The van der Waals surface area contributed by atoms with Crippen molar-refractivity contribution in [1.29, 1.82) is 0 Å². The van der Waals surface area contributed by atoms with E-state index in [2.05, 4.69) is 234 Å². The number of nitrogens with one attached hydrogen (secondary N) is 1. The zero-order chi connectivity index (χ0) is 60.1. The molecule has 0 atom stereocenters. The number of hydrogen-bond acceptors (Lipinski definition) is 4. The maximum absolute atomic E-state index is 6.11. The summed E-state index contributed by atoms with van der Waals surface area (Å²) in [6.45, 7) is 0. The molecule has 0 radical (unpaired) electrons. The summed E-state index contributed by atoms with van der Waals surface area (Å²) in [5.74, 6) is 0. The Hall–Kier alpha value is -11.8. The Morgan fingerprint density at radius 3 is 1.16 bits per heavy atom. The van der Waals surface area contributed by atoms with Crippen LogP contribution in [0, 0.1) is 0 Å². The van der Waals surface area contributed by atoms with Gasteiger partial charge >= 0.3 is 0 Å². The number of hydrogen-bond donors (Lipinski definition) is 1. The first-order chi connectivity index (χ1) is 45.1. The molecule has 1 N–H and O–H groups in total. The highest BCUT2D eigenvalue weighted by Crippen LogP contribution is 2.51. The summed E-state index contributed by atoms with van der Waals surface area (Å²) in [5, 5.41) is 11.2. The topological polar surface area (TPSA) is 72.3 Å². The Kier molecular flexibility index (Phi) is 12.2. The Morgan fingerprint density at radius 1 is 0.253 bits per heavy atom. The van der Waals surface area contributed by atoms with Gasteiger partial charge in [0.2, 0.25) is 0 Å². The maximum atomic E-state index is 6.11. The predicted octanol–water partition coefficient (Wildman–Crippen LogP) is 22.6. The molecule has 0 bridgehead atoms. The van der Waals surface area contributed by atoms with Gasteiger partial charge in [0.15, 0.2) is 0 Å². The fourth-order valence-electron chi connectivity index (χ4n) is 14.2. The minimum atomic E-state index is 0.665. The number of aromatic amines is 1. The van der Waals surface area contributed by atoms with E-state index < -0.39 is 0 Å². The first kappa shape index (κ1) is 52.3. The average molecular weight is 1180 g/mol. The molecule has 0 saturated carbocycles. The van der Waals surface area contributed by atoms with Crippen molar-refractivity contribution < 1.29 is 0 Å². The van der Waals surface area contributed by atoms with Crippen LogP contribution in [0.4, 0.5) is 0 Å². The summed E-state index contributed by atoms with van der Waals surface area (Å²) >= 11 is 6.11. The summed E-state index contributed by atoms with van der Waals surface area (Å²) in [6, 6.07) is 106. The van der Waals surface area contributed by atoms with Crippen molar-refractivity contribution in [2.45, 2.75) is 0 Å². The van der Waals surface area contributed by atoms with E-state index in [0.717, 1.165) is 72.8 Å². The standard InChI is InChI=1S/C42H25N3.C22H13N.C20H13ClN2/c1-3-11-27(12-4-1)41-42(28-13-5-2-6-14-28)44-35-25-29(22-23-34(35)43-41)45-36-20-10-19-33-31-17-8-7-16-30(31)32-18-9-15-26-21-24-37(45)40(38(26)32)39(33)36;1-2-7-15-14(6-1)16-8-3-5-13-11-12-19-22(20(13)16)21-17(15)9-4-10-18(21)23-19;21-16-11-12-17-18(13-16)23-20(15-9-5-2-6-10-15)19(22-17)14-7-3-1-4-8-14/h1-25H;1-12,23H;1-13H. The number of nitrogens with zero attached hydrogens (tertiary/aromatic N) is 5. The Morgan fingerprint density at radius 2 is 0.637 bits per heavy atom. The van der Waals surface area contributed by atoms with Gasteiger partial charge in [0.25, 0.3) is 0 Å². The SMILES string of the molecule is Clc1ccc2nc(-c3ccccc3)c(-c3ccccc3)nc2c1.c1ccc(-c2nc3ccc(-n4c5cccc6c5c5c7c(cccc7ccc54)-c4ccccc4-6)cc3nc2-c2ccccc2)cc1.c1ccc2c(c1)-c1cccc3ccc4[nH]c5cccc-2c5c4c13. The third-order valence-electron chi connectivity index (χ3n) is 18.2. The Bertz CT molecular complexity index is 5940. The third-order valence-corrected chi connectivity index (χ3v) is 18.4. The average Bonchev–Trinajstić information content (AvgIpc) is 1.56. The van der Waals surface area contributed by atoms with Crippen LogP contribution < -0.4 is 0 Å². The lowest BCUT2D eigenvalue weighted by Gasteiger charge is -2.14. The third kappa shape index (κ3) is 8.56. The van der Waals surface area contributed by atoms with E-state index in [-0.39, 0.29) is 0 Å². The molecule has 0 amide bonds. The molecule has 2 aliphatic rings. The van der Waals surface area contributed by atoms with Crippen LogP contribution in [0.1, 0.15) is 0 Å². The molecule has 4 aromatic heterocycles. The number of fused-ring (bicyclic) bond motifs is 8. The molecule has 2 aliphatic carbocycles. The molecule has 14 aromatic carbocycles. The molecule has 424 valence electrons. The van der Waals surface area contributed by atoms with E-state index in [1.807, 2.05) is 78.9 Å². The normalized spacial score (nSPS) is 11.8. The Labute approximate surface area is 528 Å². The molecule has 7 heteroatoms. The van der Waals surface area contributed by atoms with Crippen LogP contribution in [0.3, 0.4) is 0 Å². The molecule has 0 saturated heterocycles. The van der Waals surface area contributed by atoms with Gasteiger partial charge in [-0.15, -0.1) is 0 Å². The van der Waals surface area contributed by atoms with Crippen molar-refractivity contribution in [3.05, 3.63) is 308 Å². The lowest BCUT2D eigenvalue weighted by atomic mass is 9.93. The molecule has 0 aliphatic heterocycles. The molecule has 91 heavy (non-hydrogen) atoms. The van der Waals surface area contributed by atoms with E-state index in [1.54, 1.807) is 0 Å². The number of rotatable bonds is 5. The van der Waals surface area contributed by atoms with Crippen molar-refractivity contribution in [3.63, 3.8) is 0 Å². The van der Waals surface area contributed by atoms with Crippen LogP contribution in [0.5, 0.6) is 0 Å². The fraction of sp³-hybridized carbons (Fsp3) is 0. The molecule has 0 unspecified atom stereocenters. The van der Waals surface area contributed by atoms with Crippen LogP contribution in [0.15, 0.2) is 303 Å². The highest BCUT2D eigenvalue weighted by Gasteiger charge is 2.26. The molecule has 20 rings (SSSR count).